The Hall–Kier alpha value is -2.35. The van der Waals surface area contributed by atoms with Crippen LogP contribution in [0.15, 0.2) is 36.5 Å². The molecule has 2 rings (SSSR count). The zero-order chi connectivity index (χ0) is 22.5. The first-order valence-corrected chi connectivity index (χ1v) is 10.2. The minimum atomic E-state index is -0.843. The van der Waals surface area contributed by atoms with Crippen molar-refractivity contribution in [3.63, 3.8) is 0 Å². The topological polar surface area (TPSA) is 123 Å². The monoisotopic (exact) mass is 451 g/mol. The standard InChI is InChI=1S/C21H27Cl2N5O2/c1-21(2,3)18(25)20(30)28-16(9-12-4-6-14(22)15(23)8-12)19(29)27-11-13-5-7-17(24)26-10-13/h4-8,10,16,18H,9,11,25H2,1-3H3,(H2,24,26)(H,27,29)(H,28,30)/t16-,18-/m0/s1. The number of anilines is 1. The van der Waals surface area contributed by atoms with Gasteiger partial charge in [0.1, 0.15) is 11.9 Å². The summed E-state index contributed by atoms with van der Waals surface area (Å²) in [5.41, 5.74) is 12.7. The third-order valence-electron chi connectivity index (χ3n) is 4.59. The lowest BCUT2D eigenvalue weighted by atomic mass is 9.86. The maximum atomic E-state index is 12.9. The number of benzene rings is 1. The van der Waals surface area contributed by atoms with Crippen LogP contribution in [-0.2, 0) is 22.6 Å². The highest BCUT2D eigenvalue weighted by atomic mass is 35.5. The number of nitrogen functional groups attached to an aromatic ring is 1. The second-order valence-electron chi connectivity index (χ2n) is 8.17. The van der Waals surface area contributed by atoms with Crippen molar-refractivity contribution in [3.8, 4) is 0 Å². The van der Waals surface area contributed by atoms with E-state index in [2.05, 4.69) is 15.6 Å². The van der Waals surface area contributed by atoms with E-state index in [1.165, 1.54) is 0 Å². The molecule has 2 atom stereocenters. The van der Waals surface area contributed by atoms with Crippen molar-refractivity contribution in [2.24, 2.45) is 11.1 Å². The summed E-state index contributed by atoms with van der Waals surface area (Å²) in [6.07, 6.45) is 1.81. The number of amides is 2. The van der Waals surface area contributed by atoms with Crippen molar-refractivity contribution in [2.45, 2.75) is 45.8 Å². The smallest absolute Gasteiger partial charge is 0.243 e. The van der Waals surface area contributed by atoms with Crippen molar-refractivity contribution in [3.05, 3.63) is 57.7 Å². The second-order valence-corrected chi connectivity index (χ2v) is 8.98. The minimum Gasteiger partial charge on any atom is -0.384 e. The fourth-order valence-corrected chi connectivity index (χ4v) is 2.94. The maximum Gasteiger partial charge on any atom is 0.243 e. The first-order valence-electron chi connectivity index (χ1n) is 9.45. The number of nitrogens with zero attached hydrogens (tertiary/aromatic N) is 1. The van der Waals surface area contributed by atoms with Crippen LogP contribution in [-0.4, -0.2) is 28.9 Å². The summed E-state index contributed by atoms with van der Waals surface area (Å²) < 4.78 is 0. The Balaban J connectivity index is 2.15. The number of hydrogen-bond donors (Lipinski definition) is 4. The van der Waals surface area contributed by atoms with E-state index >= 15 is 0 Å². The van der Waals surface area contributed by atoms with E-state index in [0.29, 0.717) is 15.9 Å². The molecule has 30 heavy (non-hydrogen) atoms. The predicted molar refractivity (Wildman–Crippen MR) is 120 cm³/mol. The van der Waals surface area contributed by atoms with Gasteiger partial charge in [0.05, 0.1) is 16.1 Å². The van der Waals surface area contributed by atoms with Crippen LogP contribution < -0.4 is 22.1 Å². The Labute approximate surface area is 186 Å². The highest BCUT2D eigenvalue weighted by molar-refractivity contribution is 6.42. The summed E-state index contributed by atoms with van der Waals surface area (Å²) >= 11 is 12.1. The van der Waals surface area contributed by atoms with Gasteiger partial charge in [0, 0.05) is 19.2 Å². The average molecular weight is 452 g/mol. The SMILES string of the molecule is CC(C)(C)[C@@H](N)C(=O)N[C@@H](Cc1ccc(Cl)c(Cl)c1)C(=O)NCc1ccc(N)nc1. The minimum absolute atomic E-state index is 0.227. The number of pyridine rings is 1. The van der Waals surface area contributed by atoms with Gasteiger partial charge < -0.3 is 22.1 Å². The van der Waals surface area contributed by atoms with Gasteiger partial charge >= 0.3 is 0 Å². The second kappa shape index (κ2) is 10.1. The van der Waals surface area contributed by atoms with Crippen molar-refractivity contribution >= 4 is 40.8 Å². The molecule has 162 valence electrons. The number of hydrogen-bond acceptors (Lipinski definition) is 5. The Morgan fingerprint density at radius 2 is 1.73 bits per heavy atom. The molecule has 2 amide bonds. The molecule has 1 aromatic carbocycles. The third kappa shape index (κ3) is 6.86. The Bertz CT molecular complexity index is 897. The highest BCUT2D eigenvalue weighted by Gasteiger charge is 2.30. The van der Waals surface area contributed by atoms with Gasteiger partial charge in [-0.2, -0.15) is 0 Å². The number of halogens is 2. The molecule has 0 saturated carbocycles. The lowest BCUT2D eigenvalue weighted by Gasteiger charge is -2.28. The number of rotatable bonds is 7. The highest BCUT2D eigenvalue weighted by Crippen LogP contribution is 2.23. The normalized spacial score (nSPS) is 13.4. The molecule has 1 aromatic heterocycles. The van der Waals surface area contributed by atoms with Crippen molar-refractivity contribution in [1.82, 2.24) is 15.6 Å². The maximum absolute atomic E-state index is 12.9. The largest absolute Gasteiger partial charge is 0.384 e. The molecule has 0 radical (unpaired) electrons. The lowest BCUT2D eigenvalue weighted by Crippen LogP contribution is -2.55. The quantitative estimate of drug-likeness (QED) is 0.515. The van der Waals surface area contributed by atoms with Gasteiger partial charge in [0.2, 0.25) is 11.8 Å². The van der Waals surface area contributed by atoms with Gasteiger partial charge in [0.25, 0.3) is 0 Å². The summed E-state index contributed by atoms with van der Waals surface area (Å²) in [6, 6.07) is 6.88. The van der Waals surface area contributed by atoms with Crippen LogP contribution in [0.2, 0.25) is 10.0 Å². The van der Waals surface area contributed by atoms with Gasteiger partial charge in [-0.1, -0.05) is 56.1 Å². The van der Waals surface area contributed by atoms with Gasteiger partial charge in [0.15, 0.2) is 0 Å². The third-order valence-corrected chi connectivity index (χ3v) is 5.33. The van der Waals surface area contributed by atoms with Crippen molar-refractivity contribution in [1.29, 1.82) is 0 Å². The van der Waals surface area contributed by atoms with Crippen LogP contribution in [0.3, 0.4) is 0 Å². The van der Waals surface area contributed by atoms with Crippen molar-refractivity contribution < 1.29 is 9.59 Å². The average Bonchev–Trinajstić information content (AvgIpc) is 2.68. The zero-order valence-corrected chi connectivity index (χ0v) is 18.7. The molecule has 0 aliphatic carbocycles. The van der Waals surface area contributed by atoms with E-state index in [1.54, 1.807) is 36.5 Å². The van der Waals surface area contributed by atoms with E-state index in [4.69, 9.17) is 34.7 Å². The number of nitrogens with one attached hydrogen (secondary N) is 2. The van der Waals surface area contributed by atoms with E-state index < -0.39 is 23.4 Å². The first-order chi connectivity index (χ1) is 14.0. The lowest BCUT2D eigenvalue weighted by molar-refractivity contribution is -0.130. The van der Waals surface area contributed by atoms with Crippen LogP contribution in [0.25, 0.3) is 0 Å². The molecule has 6 N–H and O–H groups in total. The molecule has 0 bridgehead atoms. The van der Waals surface area contributed by atoms with Gasteiger partial charge in [-0.05, 0) is 34.7 Å². The molecule has 0 saturated heterocycles. The number of carbonyl (C=O) groups excluding carboxylic acids is 2. The molecule has 0 aliphatic heterocycles. The molecule has 7 nitrogen and oxygen atoms in total. The van der Waals surface area contributed by atoms with Gasteiger partial charge in [-0.3, -0.25) is 9.59 Å². The summed E-state index contributed by atoms with van der Waals surface area (Å²) in [4.78, 5) is 29.5. The Morgan fingerprint density at radius 3 is 2.30 bits per heavy atom. The summed E-state index contributed by atoms with van der Waals surface area (Å²) in [6.45, 7) is 5.82. The van der Waals surface area contributed by atoms with E-state index in [1.807, 2.05) is 20.8 Å². The van der Waals surface area contributed by atoms with Crippen LogP contribution in [0.5, 0.6) is 0 Å². The van der Waals surface area contributed by atoms with Crippen LogP contribution in [0.1, 0.15) is 31.9 Å². The fraction of sp³-hybridized carbons (Fsp3) is 0.381. The van der Waals surface area contributed by atoms with E-state index in [9.17, 15) is 9.59 Å². The Morgan fingerprint density at radius 1 is 1.07 bits per heavy atom. The number of nitrogens with two attached hydrogens (primary N) is 2. The van der Waals surface area contributed by atoms with Crippen LogP contribution in [0.4, 0.5) is 5.82 Å². The summed E-state index contributed by atoms with van der Waals surface area (Å²) in [5.74, 6) is -0.366. The van der Waals surface area contributed by atoms with Crippen LogP contribution in [0, 0.1) is 5.41 Å². The fourth-order valence-electron chi connectivity index (χ4n) is 2.62. The summed E-state index contributed by atoms with van der Waals surface area (Å²) in [5, 5.41) is 6.36. The molecule has 2 aromatic rings. The molecule has 0 fully saturated rings. The van der Waals surface area contributed by atoms with E-state index in [0.717, 1.165) is 11.1 Å². The molecular weight excluding hydrogens is 425 g/mol. The molecular formula is C21H27Cl2N5O2. The predicted octanol–water partition coefficient (Wildman–Crippen LogP) is 2.69. The van der Waals surface area contributed by atoms with Crippen LogP contribution >= 0.6 is 23.2 Å². The molecule has 0 aliphatic rings. The summed E-state index contributed by atoms with van der Waals surface area (Å²) in [7, 11) is 0. The molecule has 9 heteroatoms. The Kier molecular flexibility index (Phi) is 8.06. The number of aromatic nitrogens is 1. The van der Waals surface area contributed by atoms with Gasteiger partial charge in [-0.15, -0.1) is 0 Å². The van der Waals surface area contributed by atoms with Gasteiger partial charge in [-0.25, -0.2) is 4.98 Å². The number of carbonyl (C=O) groups is 2. The molecule has 0 unspecified atom stereocenters. The first kappa shape index (κ1) is 23.9. The van der Waals surface area contributed by atoms with Crippen molar-refractivity contribution in [2.75, 3.05) is 5.73 Å². The zero-order valence-electron chi connectivity index (χ0n) is 17.2. The molecule has 0 spiro atoms. The molecule has 1 heterocycles. The van der Waals surface area contributed by atoms with E-state index in [-0.39, 0.29) is 18.9 Å².